The van der Waals surface area contributed by atoms with Crippen LogP contribution in [0.25, 0.3) is 0 Å². The molecular formula is C13H19F3N2. The van der Waals surface area contributed by atoms with Crippen molar-refractivity contribution in [3.8, 4) is 0 Å². The lowest BCUT2D eigenvalue weighted by Crippen LogP contribution is -2.28. The SMILES string of the molecule is CCNC(C)c1cccc(F)c1N(C)CC(F)F. The number of rotatable bonds is 6. The summed E-state index contributed by atoms with van der Waals surface area (Å²) in [5.41, 5.74) is 0.936. The first-order valence-corrected chi connectivity index (χ1v) is 5.98. The van der Waals surface area contributed by atoms with Crippen LogP contribution in [0.15, 0.2) is 18.2 Å². The van der Waals surface area contributed by atoms with Crippen LogP contribution in [0.2, 0.25) is 0 Å². The fourth-order valence-corrected chi connectivity index (χ4v) is 2.00. The van der Waals surface area contributed by atoms with Crippen LogP contribution >= 0.6 is 0 Å². The van der Waals surface area contributed by atoms with Gasteiger partial charge in [-0.05, 0) is 25.1 Å². The van der Waals surface area contributed by atoms with Crippen molar-refractivity contribution in [1.82, 2.24) is 5.32 Å². The zero-order valence-electron chi connectivity index (χ0n) is 10.9. The monoisotopic (exact) mass is 260 g/mol. The van der Waals surface area contributed by atoms with Crippen molar-refractivity contribution in [2.45, 2.75) is 26.3 Å². The molecule has 0 amide bonds. The summed E-state index contributed by atoms with van der Waals surface area (Å²) in [7, 11) is 1.48. The first kappa shape index (κ1) is 14.8. The van der Waals surface area contributed by atoms with Gasteiger partial charge in [-0.1, -0.05) is 19.1 Å². The Morgan fingerprint density at radius 2 is 2.00 bits per heavy atom. The minimum absolute atomic E-state index is 0.0826. The van der Waals surface area contributed by atoms with Gasteiger partial charge in [0.1, 0.15) is 5.82 Å². The lowest BCUT2D eigenvalue weighted by atomic mass is 10.0. The van der Waals surface area contributed by atoms with E-state index in [0.29, 0.717) is 5.56 Å². The van der Waals surface area contributed by atoms with Gasteiger partial charge in [0.2, 0.25) is 0 Å². The van der Waals surface area contributed by atoms with Crippen LogP contribution in [-0.4, -0.2) is 26.6 Å². The second-order valence-electron chi connectivity index (χ2n) is 4.23. The number of benzene rings is 1. The third kappa shape index (κ3) is 3.63. The molecule has 0 heterocycles. The summed E-state index contributed by atoms with van der Waals surface area (Å²) in [5, 5.41) is 3.16. The number of para-hydroxylation sites is 1. The number of halogens is 3. The molecule has 0 spiro atoms. The molecule has 2 nitrogen and oxygen atoms in total. The number of hydrogen-bond acceptors (Lipinski definition) is 2. The molecule has 0 aromatic heterocycles. The van der Waals surface area contributed by atoms with Crippen LogP contribution in [-0.2, 0) is 0 Å². The fourth-order valence-electron chi connectivity index (χ4n) is 2.00. The van der Waals surface area contributed by atoms with Crippen molar-refractivity contribution < 1.29 is 13.2 Å². The van der Waals surface area contributed by atoms with E-state index in [1.165, 1.54) is 18.0 Å². The molecule has 1 aromatic carbocycles. The Bertz CT molecular complexity index is 382. The van der Waals surface area contributed by atoms with E-state index in [2.05, 4.69) is 5.32 Å². The summed E-state index contributed by atoms with van der Waals surface area (Å²) in [6.45, 7) is 4.08. The van der Waals surface area contributed by atoms with Crippen LogP contribution in [0.4, 0.5) is 18.9 Å². The Kier molecular flexibility index (Phi) is 5.47. The van der Waals surface area contributed by atoms with Gasteiger partial charge in [0.15, 0.2) is 0 Å². The van der Waals surface area contributed by atoms with E-state index in [4.69, 9.17) is 0 Å². The van der Waals surface area contributed by atoms with Gasteiger partial charge in [-0.2, -0.15) is 0 Å². The molecule has 0 aliphatic heterocycles. The molecule has 102 valence electrons. The van der Waals surface area contributed by atoms with Crippen molar-refractivity contribution in [2.24, 2.45) is 0 Å². The summed E-state index contributed by atoms with van der Waals surface area (Å²) in [6, 6.07) is 4.56. The first-order chi connectivity index (χ1) is 8.47. The molecule has 0 fully saturated rings. The van der Waals surface area contributed by atoms with Crippen molar-refractivity contribution in [3.05, 3.63) is 29.6 Å². The first-order valence-electron chi connectivity index (χ1n) is 5.98. The predicted octanol–water partition coefficient (Wildman–Crippen LogP) is 3.20. The Labute approximate surface area is 106 Å². The van der Waals surface area contributed by atoms with Gasteiger partial charge in [-0.3, -0.25) is 0 Å². The second kappa shape index (κ2) is 6.64. The molecule has 18 heavy (non-hydrogen) atoms. The Balaban J connectivity index is 3.07. The van der Waals surface area contributed by atoms with Gasteiger partial charge < -0.3 is 10.2 Å². The standard InChI is InChI=1S/C13H19F3N2/c1-4-17-9(2)10-6-5-7-11(14)13(10)18(3)8-12(15)16/h5-7,9,12,17H,4,8H2,1-3H3. The van der Waals surface area contributed by atoms with Crippen LogP contribution in [0, 0.1) is 5.82 Å². The van der Waals surface area contributed by atoms with Gasteiger partial charge in [-0.25, -0.2) is 13.2 Å². The molecule has 0 saturated carbocycles. The molecule has 5 heteroatoms. The second-order valence-corrected chi connectivity index (χ2v) is 4.23. The quantitative estimate of drug-likeness (QED) is 0.845. The molecule has 1 unspecified atom stereocenters. The zero-order chi connectivity index (χ0) is 13.7. The van der Waals surface area contributed by atoms with Gasteiger partial charge in [0.05, 0.1) is 12.2 Å². The lowest BCUT2D eigenvalue weighted by Gasteiger charge is -2.25. The van der Waals surface area contributed by atoms with E-state index in [1.54, 1.807) is 12.1 Å². The highest BCUT2D eigenvalue weighted by Gasteiger charge is 2.19. The maximum absolute atomic E-state index is 13.8. The summed E-state index contributed by atoms with van der Waals surface area (Å²) in [4.78, 5) is 1.27. The number of alkyl halides is 2. The van der Waals surface area contributed by atoms with E-state index in [1.807, 2.05) is 13.8 Å². The normalized spacial score (nSPS) is 12.8. The third-order valence-corrected chi connectivity index (χ3v) is 2.79. The van der Waals surface area contributed by atoms with Crippen LogP contribution in [0.3, 0.4) is 0 Å². The number of nitrogens with zero attached hydrogens (tertiary/aromatic N) is 1. The van der Waals surface area contributed by atoms with Crippen LogP contribution in [0.1, 0.15) is 25.5 Å². The lowest BCUT2D eigenvalue weighted by molar-refractivity contribution is 0.156. The van der Waals surface area contributed by atoms with Gasteiger partial charge in [0.25, 0.3) is 6.43 Å². The maximum Gasteiger partial charge on any atom is 0.255 e. The maximum atomic E-state index is 13.8. The van der Waals surface area contributed by atoms with Crippen molar-refractivity contribution >= 4 is 5.69 Å². The van der Waals surface area contributed by atoms with E-state index >= 15 is 0 Å². The predicted molar refractivity (Wildman–Crippen MR) is 67.8 cm³/mol. The molecule has 1 N–H and O–H groups in total. The summed E-state index contributed by atoms with van der Waals surface area (Å²) in [6.07, 6.45) is -2.49. The molecule has 1 rings (SSSR count). The summed E-state index contributed by atoms with van der Waals surface area (Å²) < 4.78 is 38.6. The molecule has 0 saturated heterocycles. The van der Waals surface area contributed by atoms with Gasteiger partial charge in [-0.15, -0.1) is 0 Å². The largest absolute Gasteiger partial charge is 0.366 e. The van der Waals surface area contributed by atoms with Gasteiger partial charge >= 0.3 is 0 Å². The summed E-state index contributed by atoms with van der Waals surface area (Å²) >= 11 is 0. The smallest absolute Gasteiger partial charge is 0.255 e. The van der Waals surface area contributed by atoms with Crippen LogP contribution < -0.4 is 10.2 Å². The topological polar surface area (TPSA) is 15.3 Å². The van der Waals surface area contributed by atoms with E-state index in [0.717, 1.165) is 6.54 Å². The van der Waals surface area contributed by atoms with Gasteiger partial charge in [0, 0.05) is 13.1 Å². The third-order valence-electron chi connectivity index (χ3n) is 2.79. The summed E-state index contributed by atoms with van der Waals surface area (Å²) in [5.74, 6) is -0.472. The molecule has 0 bridgehead atoms. The number of nitrogens with one attached hydrogen (secondary N) is 1. The molecule has 0 aliphatic rings. The Hall–Kier alpha value is -1.23. The average molecular weight is 260 g/mol. The Morgan fingerprint density at radius 1 is 1.33 bits per heavy atom. The number of hydrogen-bond donors (Lipinski definition) is 1. The van der Waals surface area contributed by atoms with Crippen molar-refractivity contribution in [1.29, 1.82) is 0 Å². The minimum atomic E-state index is -2.49. The molecular weight excluding hydrogens is 241 g/mol. The zero-order valence-corrected chi connectivity index (χ0v) is 10.9. The molecule has 0 aliphatic carbocycles. The van der Waals surface area contributed by atoms with E-state index in [9.17, 15) is 13.2 Å². The highest BCUT2D eigenvalue weighted by molar-refractivity contribution is 5.55. The van der Waals surface area contributed by atoms with E-state index < -0.39 is 18.8 Å². The molecule has 0 radical (unpaired) electrons. The molecule has 1 aromatic rings. The van der Waals surface area contributed by atoms with Crippen molar-refractivity contribution in [2.75, 3.05) is 25.0 Å². The van der Waals surface area contributed by atoms with E-state index in [-0.39, 0.29) is 11.7 Å². The minimum Gasteiger partial charge on any atom is -0.366 e. The highest BCUT2D eigenvalue weighted by Crippen LogP contribution is 2.29. The van der Waals surface area contributed by atoms with Crippen LogP contribution in [0.5, 0.6) is 0 Å². The Morgan fingerprint density at radius 3 is 2.56 bits per heavy atom. The fraction of sp³-hybridized carbons (Fsp3) is 0.538. The number of anilines is 1. The average Bonchev–Trinajstić information content (AvgIpc) is 2.27. The molecule has 1 atom stereocenters. The van der Waals surface area contributed by atoms with Crippen molar-refractivity contribution in [3.63, 3.8) is 0 Å². The highest BCUT2D eigenvalue weighted by atomic mass is 19.3.